The lowest BCUT2D eigenvalue weighted by Crippen LogP contribution is -2.31. The van der Waals surface area contributed by atoms with E-state index in [0.717, 1.165) is 50.5 Å². The van der Waals surface area contributed by atoms with Gasteiger partial charge in [-0.3, -0.25) is 9.69 Å². The van der Waals surface area contributed by atoms with Gasteiger partial charge in [0, 0.05) is 32.7 Å². The van der Waals surface area contributed by atoms with Crippen LogP contribution in [0.2, 0.25) is 0 Å². The summed E-state index contributed by atoms with van der Waals surface area (Å²) >= 11 is 0. The Morgan fingerprint density at radius 1 is 0.969 bits per heavy atom. The SMILES string of the molecule is O=C(COc1ccccc1)Nc1ccc(N2CCCN(Cc3ccc(F)cc3)CC2)nc1. The molecule has 1 aliphatic heterocycles. The van der Waals surface area contributed by atoms with Gasteiger partial charge in [0.05, 0.1) is 11.9 Å². The predicted octanol–water partition coefficient (Wildman–Crippen LogP) is 3.95. The van der Waals surface area contributed by atoms with Gasteiger partial charge in [0.2, 0.25) is 0 Å². The summed E-state index contributed by atoms with van der Waals surface area (Å²) in [7, 11) is 0. The van der Waals surface area contributed by atoms with Crippen LogP contribution in [0.5, 0.6) is 5.75 Å². The Morgan fingerprint density at radius 3 is 2.53 bits per heavy atom. The number of ether oxygens (including phenoxy) is 1. The predicted molar refractivity (Wildman–Crippen MR) is 123 cm³/mol. The molecule has 1 aliphatic rings. The van der Waals surface area contributed by atoms with Crippen molar-refractivity contribution in [3.8, 4) is 5.75 Å². The molecule has 0 bridgehead atoms. The number of nitrogens with one attached hydrogen (secondary N) is 1. The van der Waals surface area contributed by atoms with Gasteiger partial charge in [-0.1, -0.05) is 30.3 Å². The molecule has 166 valence electrons. The third-order valence-electron chi connectivity index (χ3n) is 5.38. The zero-order valence-corrected chi connectivity index (χ0v) is 17.9. The van der Waals surface area contributed by atoms with Crippen molar-refractivity contribution in [1.29, 1.82) is 0 Å². The normalized spacial score (nSPS) is 14.6. The highest BCUT2D eigenvalue weighted by molar-refractivity contribution is 5.91. The fourth-order valence-corrected chi connectivity index (χ4v) is 3.72. The number of aromatic nitrogens is 1. The van der Waals surface area contributed by atoms with Crippen LogP contribution in [0.3, 0.4) is 0 Å². The third kappa shape index (κ3) is 6.28. The molecule has 1 amide bonds. The van der Waals surface area contributed by atoms with Gasteiger partial charge in [0.15, 0.2) is 6.61 Å². The molecule has 0 unspecified atom stereocenters. The summed E-state index contributed by atoms with van der Waals surface area (Å²) in [6.07, 6.45) is 2.70. The summed E-state index contributed by atoms with van der Waals surface area (Å²) in [6.45, 7) is 4.45. The molecular weight excluding hydrogens is 407 g/mol. The summed E-state index contributed by atoms with van der Waals surface area (Å²) < 4.78 is 18.6. The Bertz CT molecular complexity index is 997. The highest BCUT2D eigenvalue weighted by Crippen LogP contribution is 2.18. The topological polar surface area (TPSA) is 57.7 Å². The molecule has 1 N–H and O–H groups in total. The molecule has 1 saturated heterocycles. The van der Waals surface area contributed by atoms with Crippen molar-refractivity contribution >= 4 is 17.4 Å². The van der Waals surface area contributed by atoms with E-state index in [1.54, 1.807) is 6.20 Å². The van der Waals surface area contributed by atoms with Crippen LogP contribution in [0.1, 0.15) is 12.0 Å². The molecule has 0 aliphatic carbocycles. The van der Waals surface area contributed by atoms with Gasteiger partial charge >= 0.3 is 0 Å². The van der Waals surface area contributed by atoms with Gasteiger partial charge in [-0.15, -0.1) is 0 Å². The monoisotopic (exact) mass is 434 g/mol. The Labute approximate surface area is 187 Å². The summed E-state index contributed by atoms with van der Waals surface area (Å²) in [5.74, 6) is 1.12. The number of pyridine rings is 1. The van der Waals surface area contributed by atoms with E-state index < -0.39 is 0 Å². The van der Waals surface area contributed by atoms with E-state index in [9.17, 15) is 9.18 Å². The first-order chi connectivity index (χ1) is 15.7. The standard InChI is InChI=1S/C25H27FN4O2/c26-21-9-7-20(8-10-21)18-29-13-4-14-30(16-15-29)24-12-11-22(17-27-24)28-25(31)19-32-23-5-2-1-3-6-23/h1-3,5-12,17H,4,13-16,18-19H2,(H,28,31). The van der Waals surface area contributed by atoms with Crippen LogP contribution >= 0.6 is 0 Å². The van der Waals surface area contributed by atoms with E-state index in [1.165, 1.54) is 12.1 Å². The number of carbonyl (C=O) groups excluding carboxylic acids is 1. The fraction of sp³-hybridized carbons (Fsp3) is 0.280. The minimum atomic E-state index is -0.227. The molecule has 6 nitrogen and oxygen atoms in total. The minimum Gasteiger partial charge on any atom is -0.484 e. The number of rotatable bonds is 7. The van der Waals surface area contributed by atoms with Crippen LogP contribution in [-0.4, -0.2) is 48.6 Å². The number of para-hydroxylation sites is 1. The van der Waals surface area contributed by atoms with E-state index in [2.05, 4.69) is 20.1 Å². The number of nitrogens with zero attached hydrogens (tertiary/aromatic N) is 3. The van der Waals surface area contributed by atoms with E-state index in [-0.39, 0.29) is 18.3 Å². The number of hydrogen-bond acceptors (Lipinski definition) is 5. The maximum absolute atomic E-state index is 13.1. The molecule has 1 aromatic heterocycles. The molecule has 0 radical (unpaired) electrons. The van der Waals surface area contributed by atoms with Gasteiger partial charge in [0.1, 0.15) is 17.4 Å². The van der Waals surface area contributed by atoms with Gasteiger partial charge in [-0.25, -0.2) is 9.37 Å². The Kier molecular flexibility index (Phi) is 7.30. The first-order valence-corrected chi connectivity index (χ1v) is 10.8. The molecular formula is C25H27FN4O2. The highest BCUT2D eigenvalue weighted by atomic mass is 19.1. The molecule has 0 spiro atoms. The van der Waals surface area contributed by atoms with Crippen LogP contribution in [0.15, 0.2) is 72.9 Å². The maximum atomic E-state index is 13.1. The first kappa shape index (κ1) is 21.8. The van der Waals surface area contributed by atoms with E-state index in [1.807, 2.05) is 54.6 Å². The number of hydrogen-bond donors (Lipinski definition) is 1. The first-order valence-electron chi connectivity index (χ1n) is 10.8. The zero-order valence-electron chi connectivity index (χ0n) is 17.9. The van der Waals surface area contributed by atoms with Crippen molar-refractivity contribution in [2.45, 2.75) is 13.0 Å². The second-order valence-electron chi connectivity index (χ2n) is 7.80. The van der Waals surface area contributed by atoms with E-state index >= 15 is 0 Å². The third-order valence-corrected chi connectivity index (χ3v) is 5.38. The molecule has 2 heterocycles. The molecule has 0 saturated carbocycles. The van der Waals surface area contributed by atoms with Gasteiger partial charge < -0.3 is 15.0 Å². The van der Waals surface area contributed by atoms with Crippen LogP contribution < -0.4 is 15.0 Å². The summed E-state index contributed by atoms with van der Waals surface area (Å²) in [5, 5.41) is 2.81. The number of amides is 1. The highest BCUT2D eigenvalue weighted by Gasteiger charge is 2.16. The number of carbonyl (C=O) groups is 1. The molecule has 3 aromatic rings. The molecule has 7 heteroatoms. The Hall–Kier alpha value is -3.45. The van der Waals surface area contributed by atoms with Crippen LogP contribution in [0.25, 0.3) is 0 Å². The molecule has 1 fully saturated rings. The molecule has 2 aromatic carbocycles. The Morgan fingerprint density at radius 2 is 1.78 bits per heavy atom. The summed E-state index contributed by atoms with van der Waals surface area (Å²) in [6, 6.07) is 19.8. The average molecular weight is 435 g/mol. The van der Waals surface area contributed by atoms with Crippen molar-refractivity contribution in [2.24, 2.45) is 0 Å². The lowest BCUT2D eigenvalue weighted by Gasteiger charge is -2.23. The quantitative estimate of drug-likeness (QED) is 0.610. The Balaban J connectivity index is 1.26. The van der Waals surface area contributed by atoms with Gasteiger partial charge in [-0.05, 0) is 48.4 Å². The lowest BCUT2D eigenvalue weighted by molar-refractivity contribution is -0.118. The maximum Gasteiger partial charge on any atom is 0.262 e. The van der Waals surface area contributed by atoms with Crippen LogP contribution in [0.4, 0.5) is 15.9 Å². The van der Waals surface area contributed by atoms with Crippen molar-refractivity contribution in [3.05, 3.63) is 84.3 Å². The smallest absolute Gasteiger partial charge is 0.262 e. The van der Waals surface area contributed by atoms with Crippen LogP contribution in [-0.2, 0) is 11.3 Å². The largest absolute Gasteiger partial charge is 0.484 e. The van der Waals surface area contributed by atoms with Gasteiger partial charge in [0.25, 0.3) is 5.91 Å². The van der Waals surface area contributed by atoms with E-state index in [4.69, 9.17) is 4.74 Å². The van der Waals surface area contributed by atoms with Crippen LogP contribution in [0, 0.1) is 5.82 Å². The second-order valence-corrected chi connectivity index (χ2v) is 7.80. The summed E-state index contributed by atoms with van der Waals surface area (Å²) in [4.78, 5) is 21.3. The lowest BCUT2D eigenvalue weighted by atomic mass is 10.2. The van der Waals surface area contributed by atoms with Crippen molar-refractivity contribution < 1.29 is 13.9 Å². The number of halogens is 1. The van der Waals surface area contributed by atoms with Crippen molar-refractivity contribution in [3.63, 3.8) is 0 Å². The number of benzene rings is 2. The second kappa shape index (κ2) is 10.7. The molecule has 4 rings (SSSR count). The van der Waals surface area contributed by atoms with Crippen molar-refractivity contribution in [1.82, 2.24) is 9.88 Å². The zero-order chi connectivity index (χ0) is 22.2. The number of anilines is 2. The van der Waals surface area contributed by atoms with Gasteiger partial charge in [-0.2, -0.15) is 0 Å². The summed E-state index contributed by atoms with van der Waals surface area (Å²) in [5.41, 5.74) is 1.76. The fourth-order valence-electron chi connectivity index (χ4n) is 3.72. The average Bonchev–Trinajstić information content (AvgIpc) is 3.06. The minimum absolute atomic E-state index is 0.0538. The van der Waals surface area contributed by atoms with E-state index in [0.29, 0.717) is 11.4 Å². The molecule has 0 atom stereocenters. The van der Waals surface area contributed by atoms with Crippen molar-refractivity contribution in [2.75, 3.05) is 43.0 Å². The molecule has 32 heavy (non-hydrogen) atoms.